The van der Waals surface area contributed by atoms with Gasteiger partial charge < -0.3 is 5.32 Å². The maximum Gasteiger partial charge on any atom is 0.324 e. The Morgan fingerprint density at radius 2 is 2.13 bits per heavy atom. The summed E-state index contributed by atoms with van der Waals surface area (Å²) in [7, 11) is 0. The lowest BCUT2D eigenvalue weighted by Crippen LogP contribution is -2.59. The van der Waals surface area contributed by atoms with Gasteiger partial charge in [0.15, 0.2) is 0 Å². The number of carbonyl (C=O) groups is 2. The van der Waals surface area contributed by atoms with Crippen molar-refractivity contribution in [1.82, 2.24) is 10.2 Å². The molecule has 84 valence electrons. The first-order chi connectivity index (χ1) is 7.22. The molecular weight excluding hydrogens is 192 g/mol. The van der Waals surface area contributed by atoms with Crippen LogP contribution in [0.15, 0.2) is 0 Å². The number of hydrogen-bond acceptors (Lipinski definition) is 2. The van der Waals surface area contributed by atoms with Crippen molar-refractivity contribution in [3.8, 4) is 0 Å². The van der Waals surface area contributed by atoms with Crippen molar-refractivity contribution >= 4 is 11.9 Å². The zero-order valence-corrected chi connectivity index (χ0v) is 9.16. The van der Waals surface area contributed by atoms with E-state index in [-0.39, 0.29) is 24.0 Å². The Balaban J connectivity index is 1.98. The second kappa shape index (κ2) is 4.21. The Morgan fingerprint density at radius 1 is 1.40 bits per heavy atom. The Morgan fingerprint density at radius 3 is 2.60 bits per heavy atom. The van der Waals surface area contributed by atoms with E-state index in [0.717, 1.165) is 32.1 Å². The van der Waals surface area contributed by atoms with Gasteiger partial charge in [-0.05, 0) is 25.7 Å². The highest BCUT2D eigenvalue weighted by atomic mass is 16.2. The second-order valence-corrected chi connectivity index (χ2v) is 4.49. The van der Waals surface area contributed by atoms with Crippen molar-refractivity contribution < 1.29 is 9.59 Å². The lowest BCUT2D eigenvalue weighted by Gasteiger charge is -2.40. The number of imide groups is 1. The molecule has 1 saturated heterocycles. The highest BCUT2D eigenvalue weighted by molar-refractivity contribution is 5.97. The van der Waals surface area contributed by atoms with Crippen LogP contribution in [0.3, 0.4) is 0 Å². The van der Waals surface area contributed by atoms with E-state index in [1.54, 1.807) is 0 Å². The molecule has 0 bridgehead atoms. The first-order valence-corrected chi connectivity index (χ1v) is 5.85. The molecule has 1 aliphatic heterocycles. The molecule has 0 spiro atoms. The maximum absolute atomic E-state index is 11.8. The SMILES string of the molecule is CCCC1CC(=O)N(C2CCC2)C(=O)N1. The minimum Gasteiger partial charge on any atom is -0.334 e. The Labute approximate surface area is 90.0 Å². The summed E-state index contributed by atoms with van der Waals surface area (Å²) in [4.78, 5) is 24.9. The van der Waals surface area contributed by atoms with E-state index >= 15 is 0 Å². The molecule has 0 aromatic heterocycles. The van der Waals surface area contributed by atoms with E-state index < -0.39 is 0 Å². The first-order valence-electron chi connectivity index (χ1n) is 5.85. The predicted molar refractivity (Wildman–Crippen MR) is 56.3 cm³/mol. The van der Waals surface area contributed by atoms with Crippen LogP contribution in [-0.4, -0.2) is 28.9 Å². The maximum atomic E-state index is 11.8. The Bertz CT molecular complexity index is 256. The van der Waals surface area contributed by atoms with E-state index in [0.29, 0.717) is 6.42 Å². The molecule has 1 saturated carbocycles. The Kier molecular flexibility index (Phi) is 2.93. The number of amides is 3. The standard InChI is InChI=1S/C11H18N2O2/c1-2-4-8-7-10(14)13(11(15)12-8)9-5-3-6-9/h8-9H,2-7H2,1H3,(H,12,15). The number of carbonyl (C=O) groups excluding carboxylic acids is 2. The van der Waals surface area contributed by atoms with Crippen molar-refractivity contribution in [1.29, 1.82) is 0 Å². The second-order valence-electron chi connectivity index (χ2n) is 4.49. The van der Waals surface area contributed by atoms with E-state index in [2.05, 4.69) is 12.2 Å². The summed E-state index contributed by atoms with van der Waals surface area (Å²) in [5.41, 5.74) is 0. The van der Waals surface area contributed by atoms with Gasteiger partial charge in [0.2, 0.25) is 5.91 Å². The molecule has 1 heterocycles. The quantitative estimate of drug-likeness (QED) is 0.770. The molecule has 1 N–H and O–H groups in total. The molecule has 4 heteroatoms. The fourth-order valence-corrected chi connectivity index (χ4v) is 2.25. The van der Waals surface area contributed by atoms with Crippen LogP contribution in [0.4, 0.5) is 4.79 Å². The van der Waals surface area contributed by atoms with Crippen molar-refractivity contribution in [3.05, 3.63) is 0 Å². The monoisotopic (exact) mass is 210 g/mol. The molecular formula is C11H18N2O2. The van der Waals surface area contributed by atoms with E-state index in [1.165, 1.54) is 4.90 Å². The molecule has 0 aromatic carbocycles. The molecule has 2 aliphatic rings. The number of nitrogens with zero attached hydrogens (tertiary/aromatic N) is 1. The Hall–Kier alpha value is -1.06. The van der Waals surface area contributed by atoms with Crippen LogP contribution in [0.5, 0.6) is 0 Å². The van der Waals surface area contributed by atoms with E-state index in [9.17, 15) is 9.59 Å². The molecule has 15 heavy (non-hydrogen) atoms. The zero-order chi connectivity index (χ0) is 10.8. The van der Waals surface area contributed by atoms with Crippen LogP contribution in [0.2, 0.25) is 0 Å². The predicted octanol–water partition coefficient (Wildman–Crippen LogP) is 1.65. The van der Waals surface area contributed by atoms with Crippen molar-refractivity contribution in [2.45, 2.75) is 57.5 Å². The average molecular weight is 210 g/mol. The van der Waals surface area contributed by atoms with Crippen LogP contribution in [0.1, 0.15) is 45.4 Å². The number of hydrogen-bond donors (Lipinski definition) is 1. The highest BCUT2D eigenvalue weighted by Gasteiger charge is 2.38. The summed E-state index contributed by atoms with van der Waals surface area (Å²) >= 11 is 0. The van der Waals surface area contributed by atoms with Gasteiger partial charge >= 0.3 is 6.03 Å². The molecule has 4 nitrogen and oxygen atoms in total. The summed E-state index contributed by atoms with van der Waals surface area (Å²) in [5, 5.41) is 2.91. The fourth-order valence-electron chi connectivity index (χ4n) is 2.25. The summed E-state index contributed by atoms with van der Waals surface area (Å²) in [6.07, 6.45) is 5.49. The molecule has 1 unspecified atom stereocenters. The number of nitrogens with one attached hydrogen (secondary N) is 1. The lowest BCUT2D eigenvalue weighted by atomic mass is 9.90. The van der Waals surface area contributed by atoms with Gasteiger partial charge in [0.1, 0.15) is 0 Å². The summed E-state index contributed by atoms with van der Waals surface area (Å²) < 4.78 is 0. The molecule has 3 amide bonds. The van der Waals surface area contributed by atoms with Crippen LogP contribution in [-0.2, 0) is 4.79 Å². The van der Waals surface area contributed by atoms with Gasteiger partial charge in [-0.1, -0.05) is 13.3 Å². The number of rotatable bonds is 3. The minimum absolute atomic E-state index is 0.0156. The molecule has 2 rings (SSSR count). The van der Waals surface area contributed by atoms with E-state index in [1.807, 2.05) is 0 Å². The van der Waals surface area contributed by atoms with Crippen LogP contribution in [0, 0.1) is 0 Å². The zero-order valence-electron chi connectivity index (χ0n) is 9.16. The lowest BCUT2D eigenvalue weighted by molar-refractivity contribution is -0.133. The van der Waals surface area contributed by atoms with E-state index in [4.69, 9.17) is 0 Å². The smallest absolute Gasteiger partial charge is 0.324 e. The topological polar surface area (TPSA) is 49.4 Å². The molecule has 0 radical (unpaired) electrons. The third-order valence-corrected chi connectivity index (χ3v) is 3.31. The summed E-state index contributed by atoms with van der Waals surface area (Å²) in [5.74, 6) is 0.0156. The third kappa shape index (κ3) is 1.98. The molecule has 0 aromatic rings. The van der Waals surface area contributed by atoms with Gasteiger partial charge in [-0.25, -0.2) is 4.79 Å². The summed E-state index contributed by atoms with van der Waals surface area (Å²) in [6.45, 7) is 2.06. The highest BCUT2D eigenvalue weighted by Crippen LogP contribution is 2.27. The van der Waals surface area contributed by atoms with Gasteiger partial charge in [-0.2, -0.15) is 0 Å². The fraction of sp³-hybridized carbons (Fsp3) is 0.818. The molecule has 2 fully saturated rings. The minimum atomic E-state index is -0.172. The summed E-state index contributed by atoms with van der Waals surface area (Å²) in [6, 6.07) is 0.0702. The van der Waals surface area contributed by atoms with Crippen LogP contribution in [0.25, 0.3) is 0 Å². The number of urea groups is 1. The largest absolute Gasteiger partial charge is 0.334 e. The van der Waals surface area contributed by atoms with Gasteiger partial charge in [0.25, 0.3) is 0 Å². The van der Waals surface area contributed by atoms with Crippen molar-refractivity contribution in [2.75, 3.05) is 0 Å². The normalized spacial score (nSPS) is 27.5. The van der Waals surface area contributed by atoms with Crippen LogP contribution >= 0.6 is 0 Å². The molecule has 1 atom stereocenters. The third-order valence-electron chi connectivity index (χ3n) is 3.31. The van der Waals surface area contributed by atoms with Gasteiger partial charge in [-0.3, -0.25) is 9.69 Å². The average Bonchev–Trinajstić information content (AvgIpc) is 2.08. The van der Waals surface area contributed by atoms with Crippen molar-refractivity contribution in [3.63, 3.8) is 0 Å². The van der Waals surface area contributed by atoms with Crippen LogP contribution < -0.4 is 5.32 Å². The molecule has 1 aliphatic carbocycles. The van der Waals surface area contributed by atoms with Crippen molar-refractivity contribution in [2.24, 2.45) is 0 Å². The van der Waals surface area contributed by atoms with Gasteiger partial charge in [-0.15, -0.1) is 0 Å². The van der Waals surface area contributed by atoms with Gasteiger partial charge in [0.05, 0.1) is 0 Å². The first kappa shape index (κ1) is 10.5. The van der Waals surface area contributed by atoms with Gasteiger partial charge in [0, 0.05) is 18.5 Å².